The first-order valence-corrected chi connectivity index (χ1v) is 6.97. The lowest BCUT2D eigenvalue weighted by Crippen LogP contribution is -2.34. The molecule has 0 saturated heterocycles. The Morgan fingerprint density at radius 3 is 2.57 bits per heavy atom. The molecule has 0 fully saturated rings. The summed E-state index contributed by atoms with van der Waals surface area (Å²) in [5.41, 5.74) is 0.0186. The number of benzene rings is 1. The summed E-state index contributed by atoms with van der Waals surface area (Å²) in [4.78, 5) is 38.2. The molecule has 0 amide bonds. The van der Waals surface area contributed by atoms with Gasteiger partial charge in [0.1, 0.15) is 4.83 Å². The lowest BCUT2D eigenvalue weighted by Gasteiger charge is -2.05. The molecule has 0 aliphatic rings. The highest BCUT2D eigenvalue weighted by molar-refractivity contribution is 7.16. The molecule has 2 aromatic heterocycles. The third-order valence-corrected chi connectivity index (χ3v) is 3.98. The van der Waals surface area contributed by atoms with Crippen LogP contribution in [0.4, 0.5) is 0 Å². The van der Waals surface area contributed by atoms with Crippen molar-refractivity contribution in [2.75, 3.05) is 0 Å². The maximum Gasteiger partial charge on any atom is 0.335 e. The summed E-state index contributed by atoms with van der Waals surface area (Å²) in [5.74, 6) is -1.02. The number of carboxylic acid groups (broad SMARTS) is 1. The van der Waals surface area contributed by atoms with Gasteiger partial charge in [0.2, 0.25) is 0 Å². The zero-order valence-corrected chi connectivity index (χ0v) is 11.5. The summed E-state index contributed by atoms with van der Waals surface area (Å²) in [6.45, 7) is 0.0971. The van der Waals surface area contributed by atoms with Gasteiger partial charge in [-0.3, -0.25) is 14.3 Å². The van der Waals surface area contributed by atoms with E-state index in [2.05, 4.69) is 4.98 Å². The highest BCUT2D eigenvalue weighted by Crippen LogP contribution is 2.12. The van der Waals surface area contributed by atoms with Crippen molar-refractivity contribution in [2.45, 2.75) is 6.54 Å². The Morgan fingerprint density at radius 1 is 1.19 bits per heavy atom. The molecule has 3 aromatic rings. The third-order valence-electron chi connectivity index (χ3n) is 3.15. The van der Waals surface area contributed by atoms with Crippen LogP contribution < -0.4 is 11.2 Å². The smallest absolute Gasteiger partial charge is 0.335 e. The number of carbonyl (C=O) groups is 1. The lowest BCUT2D eigenvalue weighted by atomic mass is 10.1. The second kappa shape index (κ2) is 5.02. The molecule has 6 nitrogen and oxygen atoms in total. The van der Waals surface area contributed by atoms with Crippen molar-refractivity contribution in [3.8, 4) is 0 Å². The normalized spacial score (nSPS) is 10.9. The average molecular weight is 302 g/mol. The molecular weight excluding hydrogens is 292 g/mol. The molecule has 21 heavy (non-hydrogen) atoms. The van der Waals surface area contributed by atoms with Crippen LogP contribution in [0.5, 0.6) is 0 Å². The minimum atomic E-state index is -1.02. The van der Waals surface area contributed by atoms with E-state index in [0.717, 1.165) is 4.57 Å². The number of nitrogens with zero attached hydrogens (tertiary/aromatic N) is 1. The summed E-state index contributed by atoms with van der Waals surface area (Å²) in [6.07, 6.45) is 0. The van der Waals surface area contributed by atoms with Gasteiger partial charge in [-0.2, -0.15) is 0 Å². The van der Waals surface area contributed by atoms with Gasteiger partial charge < -0.3 is 5.11 Å². The molecule has 0 saturated carbocycles. The van der Waals surface area contributed by atoms with Gasteiger partial charge in [0, 0.05) is 0 Å². The van der Waals surface area contributed by atoms with Crippen molar-refractivity contribution in [1.29, 1.82) is 0 Å². The van der Waals surface area contributed by atoms with Crippen LogP contribution in [0.25, 0.3) is 10.2 Å². The molecule has 1 aromatic carbocycles. The second-order valence-corrected chi connectivity index (χ2v) is 5.40. The average Bonchev–Trinajstić information content (AvgIpc) is 2.92. The number of aromatic nitrogens is 2. The van der Waals surface area contributed by atoms with Gasteiger partial charge in [-0.1, -0.05) is 12.1 Å². The molecule has 2 heterocycles. The molecule has 3 rings (SSSR count). The van der Waals surface area contributed by atoms with Crippen LogP contribution in [0, 0.1) is 0 Å². The number of nitrogens with one attached hydrogen (secondary N) is 1. The van der Waals surface area contributed by atoms with Crippen LogP contribution in [-0.4, -0.2) is 20.6 Å². The van der Waals surface area contributed by atoms with Gasteiger partial charge in [0.25, 0.3) is 5.56 Å². The Balaban J connectivity index is 2.03. The number of hydrogen-bond acceptors (Lipinski definition) is 4. The van der Waals surface area contributed by atoms with E-state index in [4.69, 9.17) is 5.11 Å². The first-order valence-electron chi connectivity index (χ1n) is 6.09. The number of carboxylic acids is 1. The molecule has 2 N–H and O–H groups in total. The van der Waals surface area contributed by atoms with Gasteiger partial charge in [-0.25, -0.2) is 9.59 Å². The van der Waals surface area contributed by atoms with Crippen molar-refractivity contribution >= 4 is 27.5 Å². The van der Waals surface area contributed by atoms with Crippen LogP contribution in [-0.2, 0) is 6.54 Å². The number of H-pyrrole nitrogens is 1. The van der Waals surface area contributed by atoms with Gasteiger partial charge in [-0.15, -0.1) is 11.3 Å². The predicted octanol–water partition coefficient (Wildman–Crippen LogP) is 1.50. The molecule has 0 radical (unpaired) electrons. The number of fused-ring (bicyclic) bond motifs is 1. The fraction of sp³-hybridized carbons (Fsp3) is 0.0714. The number of rotatable bonds is 3. The number of aromatic carboxylic acids is 1. The maximum atomic E-state index is 12.2. The molecule has 0 aliphatic heterocycles. The SMILES string of the molecule is O=C(O)c1ccc(Cn2c(=O)[nH]c3sccc3c2=O)cc1. The number of hydrogen-bond donors (Lipinski definition) is 2. The summed E-state index contributed by atoms with van der Waals surface area (Å²) >= 11 is 1.30. The van der Waals surface area contributed by atoms with E-state index in [-0.39, 0.29) is 17.7 Å². The zero-order valence-electron chi connectivity index (χ0n) is 10.7. The summed E-state index contributed by atoms with van der Waals surface area (Å²) in [6, 6.07) is 7.74. The highest BCUT2D eigenvalue weighted by atomic mass is 32.1. The first-order chi connectivity index (χ1) is 10.1. The molecule has 106 valence electrons. The van der Waals surface area contributed by atoms with Crippen LogP contribution >= 0.6 is 11.3 Å². The van der Waals surface area contributed by atoms with Gasteiger partial charge in [0.05, 0.1) is 17.5 Å². The Hall–Kier alpha value is -2.67. The van der Waals surface area contributed by atoms with Crippen molar-refractivity contribution in [1.82, 2.24) is 9.55 Å². The third kappa shape index (κ3) is 2.38. The van der Waals surface area contributed by atoms with Gasteiger partial charge in [0.15, 0.2) is 0 Å². The van der Waals surface area contributed by atoms with Crippen LogP contribution in [0.15, 0.2) is 45.3 Å². The molecule has 0 spiro atoms. The fourth-order valence-corrected chi connectivity index (χ4v) is 2.82. The Kier molecular flexibility index (Phi) is 3.19. The summed E-state index contributed by atoms with van der Waals surface area (Å²) in [5, 5.41) is 11.1. The molecular formula is C14H10N2O4S. The minimum absolute atomic E-state index is 0.0971. The topological polar surface area (TPSA) is 92.2 Å². The minimum Gasteiger partial charge on any atom is -0.478 e. The quantitative estimate of drug-likeness (QED) is 0.767. The maximum absolute atomic E-state index is 12.2. The summed E-state index contributed by atoms with van der Waals surface area (Å²) < 4.78 is 1.10. The van der Waals surface area contributed by atoms with Crippen molar-refractivity contribution in [3.05, 3.63) is 67.7 Å². The Labute approximate surface area is 121 Å². The standard InChI is InChI=1S/C14H10N2O4S/c17-12-10-5-6-21-11(10)15-14(20)16(12)7-8-1-3-9(4-2-8)13(18)19/h1-6H,7H2,(H,15,20)(H,18,19). The van der Waals surface area contributed by atoms with Crippen molar-refractivity contribution in [2.24, 2.45) is 0 Å². The molecule has 0 atom stereocenters. The Bertz CT molecular complexity index is 934. The largest absolute Gasteiger partial charge is 0.478 e. The van der Waals surface area contributed by atoms with Crippen LogP contribution in [0.2, 0.25) is 0 Å². The molecule has 0 bridgehead atoms. The van der Waals surface area contributed by atoms with E-state index < -0.39 is 11.7 Å². The van der Waals surface area contributed by atoms with E-state index in [1.807, 2.05) is 0 Å². The van der Waals surface area contributed by atoms with E-state index in [0.29, 0.717) is 15.8 Å². The highest BCUT2D eigenvalue weighted by Gasteiger charge is 2.09. The van der Waals surface area contributed by atoms with Gasteiger partial charge in [-0.05, 0) is 29.1 Å². The summed E-state index contributed by atoms with van der Waals surface area (Å²) in [7, 11) is 0. The molecule has 0 unspecified atom stereocenters. The number of aromatic amines is 1. The van der Waals surface area contributed by atoms with Gasteiger partial charge >= 0.3 is 11.7 Å². The van der Waals surface area contributed by atoms with E-state index in [1.54, 1.807) is 23.6 Å². The lowest BCUT2D eigenvalue weighted by molar-refractivity contribution is 0.0697. The van der Waals surface area contributed by atoms with Crippen molar-refractivity contribution < 1.29 is 9.90 Å². The Morgan fingerprint density at radius 2 is 1.90 bits per heavy atom. The monoisotopic (exact) mass is 302 g/mol. The van der Waals surface area contributed by atoms with E-state index in [1.165, 1.54) is 23.5 Å². The fourth-order valence-electron chi connectivity index (χ4n) is 2.06. The van der Waals surface area contributed by atoms with Crippen LogP contribution in [0.1, 0.15) is 15.9 Å². The molecule has 0 aliphatic carbocycles. The predicted molar refractivity (Wildman–Crippen MR) is 79.2 cm³/mol. The zero-order chi connectivity index (χ0) is 15.0. The molecule has 7 heteroatoms. The van der Waals surface area contributed by atoms with E-state index in [9.17, 15) is 14.4 Å². The van der Waals surface area contributed by atoms with Crippen LogP contribution in [0.3, 0.4) is 0 Å². The second-order valence-electron chi connectivity index (χ2n) is 4.49. The first kappa shape index (κ1) is 13.3. The van der Waals surface area contributed by atoms with Crippen molar-refractivity contribution in [3.63, 3.8) is 0 Å². The number of thiophene rings is 1. The van der Waals surface area contributed by atoms with E-state index >= 15 is 0 Å².